The summed E-state index contributed by atoms with van der Waals surface area (Å²) in [4.78, 5) is 17.6. The third-order valence-corrected chi connectivity index (χ3v) is 6.26. The normalized spacial score (nSPS) is 15.1. The molecule has 1 aromatic heterocycles. The number of hydrogen-bond acceptors (Lipinski definition) is 6. The van der Waals surface area contributed by atoms with Gasteiger partial charge < -0.3 is 18.8 Å². The minimum atomic E-state index is -0.308. The molecule has 0 radical (unpaired) electrons. The lowest BCUT2D eigenvalue weighted by atomic mass is 10.1. The Morgan fingerprint density at radius 2 is 2.17 bits per heavy atom. The molecule has 1 atom stereocenters. The molecule has 6 nitrogen and oxygen atoms in total. The van der Waals surface area contributed by atoms with Gasteiger partial charge in [-0.3, -0.25) is 4.79 Å². The fraction of sp³-hybridized carbons (Fsp3) is 0.478. The number of hydrogen-bond donors (Lipinski definition) is 1. The van der Waals surface area contributed by atoms with Gasteiger partial charge in [0.05, 0.1) is 17.7 Å². The van der Waals surface area contributed by atoms with Gasteiger partial charge in [-0.1, -0.05) is 6.92 Å². The maximum atomic E-state index is 12.8. The van der Waals surface area contributed by atoms with E-state index >= 15 is 0 Å². The molecule has 3 rings (SSSR count). The zero-order valence-corrected chi connectivity index (χ0v) is 18.8. The number of fused-ring (bicyclic) bond motifs is 1. The zero-order chi connectivity index (χ0) is 21.7. The molecular formula is C23H29N3O3S. The van der Waals surface area contributed by atoms with E-state index in [0.717, 1.165) is 42.3 Å². The number of H-pyrrole nitrogens is 1. The summed E-state index contributed by atoms with van der Waals surface area (Å²) in [6.07, 6.45) is 5.81. The number of carbonyl (C=O) groups excluding carboxylic acids is 1. The van der Waals surface area contributed by atoms with Crippen LogP contribution in [0, 0.1) is 11.3 Å². The number of nitriles is 1. The van der Waals surface area contributed by atoms with Crippen molar-refractivity contribution < 1.29 is 13.7 Å². The standard InChI is InChI=1S/C23H29N3O3S/c1-5-18(8-9-28-4)30-29-22-12-20-16(10-19(22)15-6-7-15)11-21(25-20)23(27)17(13-24)14-26(2)3/h10-12,14-15,18,25H,5-9H2,1-4H3/b17-14+. The van der Waals surface area contributed by atoms with Crippen molar-refractivity contribution in [3.63, 3.8) is 0 Å². The van der Waals surface area contributed by atoms with Crippen LogP contribution in [-0.4, -0.2) is 48.7 Å². The first-order valence-electron chi connectivity index (χ1n) is 10.3. The first-order valence-corrected chi connectivity index (χ1v) is 11.1. The number of aromatic amines is 1. The first kappa shape index (κ1) is 22.3. The molecule has 0 saturated heterocycles. The maximum Gasteiger partial charge on any atom is 0.221 e. The summed E-state index contributed by atoms with van der Waals surface area (Å²) < 4.78 is 11.4. The van der Waals surface area contributed by atoms with Gasteiger partial charge in [0.15, 0.2) is 0 Å². The highest BCUT2D eigenvalue weighted by molar-refractivity contribution is 7.95. The lowest BCUT2D eigenvalue weighted by Crippen LogP contribution is -2.09. The largest absolute Gasteiger partial charge is 0.425 e. The molecule has 0 amide bonds. The summed E-state index contributed by atoms with van der Waals surface area (Å²) in [5.74, 6) is 1.07. The third kappa shape index (κ3) is 5.38. The fourth-order valence-corrected chi connectivity index (χ4v) is 4.03. The Morgan fingerprint density at radius 3 is 2.77 bits per heavy atom. The van der Waals surface area contributed by atoms with E-state index < -0.39 is 0 Å². The molecule has 7 heteroatoms. The number of nitrogens with one attached hydrogen (secondary N) is 1. The summed E-state index contributed by atoms with van der Waals surface area (Å²) in [7, 11) is 5.29. The maximum absolute atomic E-state index is 12.8. The van der Waals surface area contributed by atoms with E-state index in [4.69, 9.17) is 8.92 Å². The Kier molecular flexibility index (Phi) is 7.46. The Bertz CT molecular complexity index is 970. The zero-order valence-electron chi connectivity index (χ0n) is 18.0. The fourth-order valence-electron chi connectivity index (χ4n) is 3.32. The van der Waals surface area contributed by atoms with Gasteiger partial charge in [-0.15, -0.1) is 0 Å². The van der Waals surface area contributed by atoms with Crippen molar-refractivity contribution in [2.24, 2.45) is 0 Å². The molecule has 1 aromatic carbocycles. The Labute approximate surface area is 182 Å². The lowest BCUT2D eigenvalue weighted by Gasteiger charge is -2.15. The highest BCUT2D eigenvalue weighted by atomic mass is 32.2. The highest BCUT2D eigenvalue weighted by Crippen LogP contribution is 2.46. The van der Waals surface area contributed by atoms with E-state index in [9.17, 15) is 10.1 Å². The second-order valence-electron chi connectivity index (χ2n) is 7.87. The second kappa shape index (κ2) is 10.1. The van der Waals surface area contributed by atoms with Crippen molar-refractivity contribution in [2.75, 3.05) is 27.8 Å². The van der Waals surface area contributed by atoms with E-state index in [-0.39, 0.29) is 11.4 Å². The average Bonchev–Trinajstić information content (AvgIpc) is 3.49. The minimum absolute atomic E-state index is 0.102. The van der Waals surface area contributed by atoms with Gasteiger partial charge in [0.2, 0.25) is 5.78 Å². The molecule has 0 spiro atoms. The number of allylic oxidation sites excluding steroid dienone is 1. The molecule has 1 heterocycles. The molecular weight excluding hydrogens is 398 g/mol. The van der Waals surface area contributed by atoms with Crippen LogP contribution in [0.15, 0.2) is 30.0 Å². The van der Waals surface area contributed by atoms with Crippen molar-refractivity contribution in [1.82, 2.24) is 9.88 Å². The molecule has 0 bridgehead atoms. The van der Waals surface area contributed by atoms with Crippen LogP contribution in [-0.2, 0) is 4.74 Å². The van der Waals surface area contributed by atoms with E-state index in [1.54, 1.807) is 32.3 Å². The molecule has 160 valence electrons. The highest BCUT2D eigenvalue weighted by Gasteiger charge is 2.28. The van der Waals surface area contributed by atoms with Gasteiger partial charge in [-0.05, 0) is 49.3 Å². The SMILES string of the molecule is CCC(CCOC)SOc1cc2[nH]c(C(=O)/C(C#N)=C/N(C)C)cc2cc1C1CC1. The minimum Gasteiger partial charge on any atom is -0.425 e. The molecule has 1 aliphatic carbocycles. The third-order valence-electron chi connectivity index (χ3n) is 5.14. The van der Waals surface area contributed by atoms with E-state index in [1.165, 1.54) is 17.6 Å². The number of carbonyl (C=O) groups is 1. The molecule has 1 unspecified atom stereocenters. The van der Waals surface area contributed by atoms with E-state index in [0.29, 0.717) is 23.5 Å². The lowest BCUT2D eigenvalue weighted by molar-refractivity contribution is 0.103. The Morgan fingerprint density at radius 1 is 1.40 bits per heavy atom. The second-order valence-corrected chi connectivity index (χ2v) is 8.90. The number of ether oxygens (including phenoxy) is 1. The van der Waals surface area contributed by atoms with Crippen molar-refractivity contribution >= 4 is 28.7 Å². The van der Waals surface area contributed by atoms with E-state index in [2.05, 4.69) is 18.0 Å². The quantitative estimate of drug-likeness (QED) is 0.234. The molecule has 1 N–H and O–H groups in total. The molecule has 1 fully saturated rings. The van der Waals surface area contributed by atoms with Crippen molar-refractivity contribution in [3.05, 3.63) is 41.2 Å². The van der Waals surface area contributed by atoms with Gasteiger partial charge in [-0.25, -0.2) is 0 Å². The number of Topliss-reactive ketones (excluding diaryl/α,β-unsaturated/α-hetero) is 1. The molecule has 30 heavy (non-hydrogen) atoms. The van der Waals surface area contributed by atoms with Crippen LogP contribution in [0.25, 0.3) is 10.9 Å². The number of ketones is 1. The topological polar surface area (TPSA) is 78.3 Å². The Balaban J connectivity index is 1.87. The first-order chi connectivity index (χ1) is 14.5. The monoisotopic (exact) mass is 427 g/mol. The number of benzene rings is 1. The van der Waals surface area contributed by atoms with Crippen molar-refractivity contribution in [3.8, 4) is 11.8 Å². The van der Waals surface area contributed by atoms with Crippen molar-refractivity contribution in [2.45, 2.75) is 43.8 Å². The average molecular weight is 428 g/mol. The summed E-state index contributed by atoms with van der Waals surface area (Å²) >= 11 is 1.49. The Hall–Kier alpha value is -2.43. The summed E-state index contributed by atoms with van der Waals surface area (Å²) in [6.45, 7) is 2.87. The molecule has 1 saturated carbocycles. The predicted octanol–water partition coefficient (Wildman–Crippen LogP) is 5.04. The number of aromatic nitrogens is 1. The molecule has 2 aromatic rings. The van der Waals surface area contributed by atoms with Crippen LogP contribution in [0.3, 0.4) is 0 Å². The van der Waals surface area contributed by atoms with Crippen molar-refractivity contribution in [1.29, 1.82) is 5.26 Å². The van der Waals surface area contributed by atoms with Crippen LogP contribution < -0.4 is 4.18 Å². The smallest absolute Gasteiger partial charge is 0.221 e. The van der Waals surface area contributed by atoms with Gasteiger partial charge in [0.25, 0.3) is 0 Å². The molecule has 1 aliphatic rings. The van der Waals surface area contributed by atoms with Gasteiger partial charge in [0.1, 0.15) is 17.4 Å². The van der Waals surface area contributed by atoms with Crippen LogP contribution >= 0.6 is 12.0 Å². The summed E-state index contributed by atoms with van der Waals surface area (Å²) in [5.41, 5.74) is 2.55. The summed E-state index contributed by atoms with van der Waals surface area (Å²) in [6, 6.07) is 7.93. The number of methoxy groups -OCH3 is 1. The van der Waals surface area contributed by atoms with Gasteiger partial charge in [-0.2, -0.15) is 5.26 Å². The van der Waals surface area contributed by atoms with Crippen LogP contribution in [0.4, 0.5) is 0 Å². The summed E-state index contributed by atoms with van der Waals surface area (Å²) in [5, 5.41) is 10.7. The number of rotatable bonds is 11. The predicted molar refractivity (Wildman–Crippen MR) is 121 cm³/mol. The number of nitrogens with zero attached hydrogens (tertiary/aromatic N) is 2. The van der Waals surface area contributed by atoms with Gasteiger partial charge >= 0.3 is 0 Å². The van der Waals surface area contributed by atoms with Gasteiger partial charge in [0, 0.05) is 56.2 Å². The van der Waals surface area contributed by atoms with Crippen LogP contribution in [0.5, 0.6) is 5.75 Å². The van der Waals surface area contributed by atoms with Crippen LogP contribution in [0.2, 0.25) is 0 Å². The van der Waals surface area contributed by atoms with E-state index in [1.807, 2.05) is 18.2 Å². The van der Waals surface area contributed by atoms with Crippen LogP contribution in [0.1, 0.15) is 54.6 Å². The molecule has 0 aliphatic heterocycles.